The van der Waals surface area contributed by atoms with Crippen molar-refractivity contribution < 1.29 is 34.4 Å². The van der Waals surface area contributed by atoms with Crippen LogP contribution in [-0.2, 0) is 19.1 Å². The van der Waals surface area contributed by atoms with Gasteiger partial charge in [0.2, 0.25) is 0 Å². The lowest BCUT2D eigenvalue weighted by atomic mass is 9.38. The normalized spacial score (nSPS) is 50.3. The van der Waals surface area contributed by atoms with E-state index < -0.39 is 64.6 Å². The lowest BCUT2D eigenvalue weighted by Crippen LogP contribution is -2.72. The van der Waals surface area contributed by atoms with Crippen molar-refractivity contribution in [1.29, 1.82) is 0 Å². The minimum absolute atomic E-state index is 0.0398. The summed E-state index contributed by atoms with van der Waals surface area (Å²) in [7, 11) is 0. The third kappa shape index (κ3) is 2.89. The van der Waals surface area contributed by atoms with Crippen molar-refractivity contribution in [3.8, 4) is 0 Å². The number of aliphatic hydroxyl groups is 3. The lowest BCUT2D eigenvalue weighted by Gasteiger charge is -2.68. The monoisotopic (exact) mass is 436 g/mol. The molecular formula is C24H36O7. The van der Waals surface area contributed by atoms with Gasteiger partial charge in [-0.2, -0.15) is 0 Å². The third-order valence-electron chi connectivity index (χ3n) is 9.44. The number of carbonyl (C=O) groups excluding carboxylic acids is 2. The van der Waals surface area contributed by atoms with Gasteiger partial charge in [0.1, 0.15) is 12.2 Å². The summed E-state index contributed by atoms with van der Waals surface area (Å²) in [6, 6.07) is 0. The fraction of sp³-hybridized carbons (Fsp3) is 0.833. The molecule has 0 aromatic rings. The van der Waals surface area contributed by atoms with Crippen molar-refractivity contribution >= 4 is 11.9 Å². The van der Waals surface area contributed by atoms with Gasteiger partial charge in [-0.3, -0.25) is 9.59 Å². The zero-order valence-electron chi connectivity index (χ0n) is 19.1. The molecular weight excluding hydrogens is 400 g/mol. The van der Waals surface area contributed by atoms with E-state index in [1.165, 1.54) is 13.8 Å². The molecule has 0 radical (unpaired) electrons. The lowest BCUT2D eigenvalue weighted by molar-refractivity contribution is -0.291. The van der Waals surface area contributed by atoms with Crippen LogP contribution >= 0.6 is 0 Å². The fourth-order valence-electron chi connectivity index (χ4n) is 8.25. The van der Waals surface area contributed by atoms with Gasteiger partial charge in [-0.1, -0.05) is 27.4 Å². The Morgan fingerprint density at radius 1 is 0.968 bits per heavy atom. The second-order valence-electron chi connectivity index (χ2n) is 11.2. The van der Waals surface area contributed by atoms with E-state index in [1.807, 2.05) is 20.8 Å². The SMILES string of the molecule is C=C1[C@H]2C[C@H](O)[C@H]3[C@@]4(C)[C@H](C[C@H](OC(C)=O)[C@]3(C2)[C@@H]1O)C(C)(C)[C@@H](OC(C)=O)C[C@@H]4O. The Morgan fingerprint density at radius 3 is 2.13 bits per heavy atom. The Morgan fingerprint density at radius 2 is 1.55 bits per heavy atom. The molecule has 0 saturated heterocycles. The summed E-state index contributed by atoms with van der Waals surface area (Å²) in [5, 5.41) is 34.2. The number of ether oxygens (including phenoxy) is 2. The highest BCUT2D eigenvalue weighted by Crippen LogP contribution is 2.72. The van der Waals surface area contributed by atoms with Crippen LogP contribution < -0.4 is 0 Å². The van der Waals surface area contributed by atoms with Gasteiger partial charge in [-0.25, -0.2) is 0 Å². The first kappa shape index (κ1) is 22.7. The summed E-state index contributed by atoms with van der Waals surface area (Å²) in [5.41, 5.74) is -1.49. The first-order chi connectivity index (χ1) is 14.3. The number of hydrogen-bond acceptors (Lipinski definition) is 7. The molecule has 4 rings (SSSR count). The van der Waals surface area contributed by atoms with Crippen LogP contribution in [0.3, 0.4) is 0 Å². The summed E-state index contributed by atoms with van der Waals surface area (Å²) in [4.78, 5) is 23.9. The van der Waals surface area contributed by atoms with E-state index in [0.717, 1.165) is 0 Å². The van der Waals surface area contributed by atoms with Gasteiger partial charge in [0.05, 0.1) is 18.3 Å². The van der Waals surface area contributed by atoms with Gasteiger partial charge < -0.3 is 24.8 Å². The predicted octanol–water partition coefficient (Wildman–Crippen LogP) is 1.97. The molecule has 7 heteroatoms. The van der Waals surface area contributed by atoms with Gasteiger partial charge in [-0.15, -0.1) is 0 Å². The fourth-order valence-corrected chi connectivity index (χ4v) is 8.25. The van der Waals surface area contributed by atoms with Crippen LogP contribution in [0.25, 0.3) is 0 Å². The van der Waals surface area contributed by atoms with E-state index in [0.29, 0.717) is 24.8 Å². The molecule has 1 spiro atoms. The maximum atomic E-state index is 12.1. The largest absolute Gasteiger partial charge is 0.462 e. The van der Waals surface area contributed by atoms with E-state index in [9.17, 15) is 24.9 Å². The molecule has 0 amide bonds. The minimum Gasteiger partial charge on any atom is -0.462 e. The molecule has 10 atom stereocenters. The topological polar surface area (TPSA) is 113 Å². The standard InChI is InChI=1S/C24H36O7/c1-11-14-7-15(27)20-23(6)16(22(4,5)18(9-17(23)28)30-12(2)25)8-19(31-13(3)26)24(20,10-14)21(11)29/h14-21,27-29H,1,7-10H2,2-6H3/t14-,15-,16+,17-,18-,19-,20-,21+,23-,24-/m0/s1. The maximum absolute atomic E-state index is 12.1. The number of hydrogen-bond donors (Lipinski definition) is 3. The average molecular weight is 437 g/mol. The molecule has 3 N–H and O–H groups in total. The van der Waals surface area contributed by atoms with Crippen LogP contribution in [0.1, 0.15) is 60.3 Å². The Bertz CT molecular complexity index is 806. The number of aliphatic hydroxyl groups excluding tert-OH is 3. The van der Waals surface area contributed by atoms with E-state index in [2.05, 4.69) is 6.58 Å². The molecule has 4 saturated carbocycles. The van der Waals surface area contributed by atoms with Crippen molar-refractivity contribution in [3.63, 3.8) is 0 Å². The third-order valence-corrected chi connectivity index (χ3v) is 9.44. The average Bonchev–Trinajstić information content (AvgIpc) is 2.83. The number of carbonyl (C=O) groups is 2. The summed E-state index contributed by atoms with van der Waals surface area (Å²) in [6.07, 6.45) is -1.92. The second kappa shape index (κ2) is 7.03. The molecule has 4 fully saturated rings. The molecule has 0 aromatic carbocycles. The zero-order chi connectivity index (χ0) is 23.1. The molecule has 0 aromatic heterocycles. The second-order valence-corrected chi connectivity index (χ2v) is 11.2. The highest BCUT2D eigenvalue weighted by Gasteiger charge is 2.75. The van der Waals surface area contributed by atoms with E-state index in [4.69, 9.17) is 9.47 Å². The highest BCUT2D eigenvalue weighted by atomic mass is 16.5. The summed E-state index contributed by atoms with van der Waals surface area (Å²) in [5.74, 6) is -1.57. The van der Waals surface area contributed by atoms with Crippen LogP contribution in [0, 0.1) is 34.0 Å². The van der Waals surface area contributed by atoms with Crippen molar-refractivity contribution in [1.82, 2.24) is 0 Å². The summed E-state index contributed by atoms with van der Waals surface area (Å²) >= 11 is 0. The van der Waals surface area contributed by atoms with Crippen LogP contribution in [-0.4, -0.2) is 57.8 Å². The molecule has 4 aliphatic carbocycles. The minimum atomic E-state index is -0.914. The summed E-state index contributed by atoms with van der Waals surface area (Å²) in [6.45, 7) is 12.8. The van der Waals surface area contributed by atoms with Crippen LogP contribution in [0.4, 0.5) is 0 Å². The highest BCUT2D eigenvalue weighted by molar-refractivity contribution is 5.66. The summed E-state index contributed by atoms with van der Waals surface area (Å²) < 4.78 is 11.5. The molecule has 0 heterocycles. The van der Waals surface area contributed by atoms with E-state index in [1.54, 1.807) is 0 Å². The van der Waals surface area contributed by atoms with Crippen LogP contribution in [0.5, 0.6) is 0 Å². The first-order valence-corrected chi connectivity index (χ1v) is 11.3. The zero-order valence-corrected chi connectivity index (χ0v) is 19.1. The maximum Gasteiger partial charge on any atom is 0.302 e. The van der Waals surface area contributed by atoms with Crippen molar-refractivity contribution in [3.05, 3.63) is 12.2 Å². The quantitative estimate of drug-likeness (QED) is 0.448. The van der Waals surface area contributed by atoms with E-state index >= 15 is 0 Å². The Kier molecular flexibility index (Phi) is 5.16. The van der Waals surface area contributed by atoms with E-state index in [-0.39, 0.29) is 18.3 Å². The molecule has 0 aliphatic heterocycles. The smallest absolute Gasteiger partial charge is 0.302 e. The van der Waals surface area contributed by atoms with Gasteiger partial charge in [-0.05, 0) is 36.7 Å². The number of fused-ring (bicyclic) bond motifs is 3. The van der Waals surface area contributed by atoms with Crippen LogP contribution in [0.15, 0.2) is 12.2 Å². The first-order valence-electron chi connectivity index (χ1n) is 11.3. The molecule has 0 unspecified atom stereocenters. The van der Waals surface area contributed by atoms with Crippen molar-refractivity contribution in [2.24, 2.45) is 34.0 Å². The van der Waals surface area contributed by atoms with Gasteiger partial charge in [0.15, 0.2) is 0 Å². The molecule has 174 valence electrons. The van der Waals surface area contributed by atoms with Crippen molar-refractivity contribution in [2.45, 2.75) is 90.8 Å². The number of rotatable bonds is 2. The Balaban J connectivity index is 1.88. The number of esters is 2. The molecule has 2 bridgehead atoms. The molecule has 4 aliphatic rings. The predicted molar refractivity (Wildman–Crippen MR) is 112 cm³/mol. The van der Waals surface area contributed by atoms with Gasteiger partial charge >= 0.3 is 11.9 Å². The van der Waals surface area contributed by atoms with Gasteiger partial charge in [0, 0.05) is 42.4 Å². The Hall–Kier alpha value is -1.44. The molecule has 31 heavy (non-hydrogen) atoms. The van der Waals surface area contributed by atoms with Crippen molar-refractivity contribution in [2.75, 3.05) is 0 Å². The molecule has 7 nitrogen and oxygen atoms in total. The van der Waals surface area contributed by atoms with Gasteiger partial charge in [0.25, 0.3) is 0 Å². The van der Waals surface area contributed by atoms with Crippen LogP contribution in [0.2, 0.25) is 0 Å². The Labute approximate surface area is 183 Å².